The highest BCUT2D eigenvalue weighted by atomic mass is 79.9. The molecular weight excluding hydrogens is 357 g/mol. The van der Waals surface area contributed by atoms with Gasteiger partial charge in [-0.05, 0) is 50.9 Å². The average Bonchev–Trinajstić information content (AvgIpc) is 2.27. The van der Waals surface area contributed by atoms with Crippen molar-refractivity contribution in [1.29, 1.82) is 0 Å². The number of hydrogen-bond donors (Lipinski definition) is 0. The second kappa shape index (κ2) is 4.51. The van der Waals surface area contributed by atoms with E-state index in [1.165, 1.54) is 0 Å². The number of halogens is 3. The molecule has 0 fully saturated rings. The Morgan fingerprint density at radius 2 is 1.94 bits per heavy atom. The molecule has 0 saturated carbocycles. The number of nitrogens with zero attached hydrogens (tertiary/aromatic N) is 1. The standard InChI is InChI=1S/C11H8Br2ClNO/c1-5-9(12)10(13)8-7(16-2)4-3-6(14)11(8)15-5/h3-4H,1-2H3. The molecule has 84 valence electrons. The number of benzene rings is 1. The first kappa shape index (κ1) is 12.1. The molecule has 2 aromatic rings. The summed E-state index contributed by atoms with van der Waals surface area (Å²) in [6.45, 7) is 1.92. The van der Waals surface area contributed by atoms with Crippen molar-refractivity contribution < 1.29 is 4.74 Å². The van der Waals surface area contributed by atoms with Crippen LogP contribution in [0.4, 0.5) is 0 Å². The Hall–Kier alpha value is -0.320. The van der Waals surface area contributed by atoms with Gasteiger partial charge in [0.15, 0.2) is 0 Å². The molecule has 2 nitrogen and oxygen atoms in total. The first-order chi connectivity index (χ1) is 7.56. The first-order valence-corrected chi connectivity index (χ1v) is 6.50. The van der Waals surface area contributed by atoms with Crippen LogP contribution in [0.15, 0.2) is 21.1 Å². The number of pyridine rings is 1. The highest BCUT2D eigenvalue weighted by Gasteiger charge is 2.14. The van der Waals surface area contributed by atoms with Gasteiger partial charge in [-0.15, -0.1) is 0 Å². The molecule has 16 heavy (non-hydrogen) atoms. The summed E-state index contributed by atoms with van der Waals surface area (Å²) in [5.74, 6) is 0.750. The minimum atomic E-state index is 0.618. The largest absolute Gasteiger partial charge is 0.496 e. The molecule has 2 rings (SSSR count). The molecule has 0 radical (unpaired) electrons. The maximum Gasteiger partial charge on any atom is 0.129 e. The molecule has 1 aromatic carbocycles. The summed E-state index contributed by atoms with van der Waals surface area (Å²) < 4.78 is 7.14. The van der Waals surface area contributed by atoms with E-state index in [-0.39, 0.29) is 0 Å². The molecule has 0 aliphatic carbocycles. The number of hydrogen-bond acceptors (Lipinski definition) is 2. The Labute approximate surface area is 115 Å². The van der Waals surface area contributed by atoms with Gasteiger partial charge in [-0.1, -0.05) is 11.6 Å². The van der Waals surface area contributed by atoms with Crippen LogP contribution in [0.3, 0.4) is 0 Å². The van der Waals surface area contributed by atoms with Gasteiger partial charge in [0.2, 0.25) is 0 Å². The van der Waals surface area contributed by atoms with Crippen LogP contribution < -0.4 is 4.74 Å². The van der Waals surface area contributed by atoms with Crippen molar-refractivity contribution in [1.82, 2.24) is 4.98 Å². The second-order valence-corrected chi connectivity index (χ2v) is 5.29. The molecule has 0 aliphatic heterocycles. The third kappa shape index (κ3) is 1.83. The summed E-state index contributed by atoms with van der Waals surface area (Å²) >= 11 is 13.1. The van der Waals surface area contributed by atoms with Gasteiger partial charge in [0.05, 0.1) is 33.2 Å². The highest BCUT2D eigenvalue weighted by Crippen LogP contribution is 2.40. The van der Waals surface area contributed by atoms with E-state index in [0.717, 1.165) is 31.3 Å². The molecule has 1 aromatic heterocycles. The maximum atomic E-state index is 6.13. The molecule has 0 aliphatic rings. The third-order valence-electron chi connectivity index (χ3n) is 2.32. The molecule has 0 bridgehead atoms. The lowest BCUT2D eigenvalue weighted by molar-refractivity contribution is 0.419. The minimum Gasteiger partial charge on any atom is -0.496 e. The minimum absolute atomic E-state index is 0.618. The van der Waals surface area contributed by atoms with Crippen LogP contribution in [-0.4, -0.2) is 12.1 Å². The molecule has 0 spiro atoms. The molecule has 0 atom stereocenters. The quantitative estimate of drug-likeness (QED) is 0.729. The summed E-state index contributed by atoms with van der Waals surface area (Å²) in [7, 11) is 1.63. The Morgan fingerprint density at radius 3 is 2.56 bits per heavy atom. The van der Waals surface area contributed by atoms with Crippen molar-refractivity contribution in [3.05, 3.63) is 31.8 Å². The molecule has 0 N–H and O–H groups in total. The molecular formula is C11H8Br2ClNO. The summed E-state index contributed by atoms with van der Waals surface area (Å²) in [4.78, 5) is 4.46. The van der Waals surface area contributed by atoms with Crippen molar-refractivity contribution in [2.75, 3.05) is 7.11 Å². The van der Waals surface area contributed by atoms with E-state index in [1.807, 2.05) is 13.0 Å². The summed E-state index contributed by atoms with van der Waals surface area (Å²) in [5, 5.41) is 1.50. The molecule has 0 unspecified atom stereocenters. The number of methoxy groups -OCH3 is 1. The van der Waals surface area contributed by atoms with E-state index >= 15 is 0 Å². The number of aryl methyl sites for hydroxylation is 1. The van der Waals surface area contributed by atoms with Crippen LogP contribution in [0.5, 0.6) is 5.75 Å². The Morgan fingerprint density at radius 1 is 1.25 bits per heavy atom. The van der Waals surface area contributed by atoms with Crippen LogP contribution in [0.25, 0.3) is 10.9 Å². The van der Waals surface area contributed by atoms with Crippen LogP contribution in [0.1, 0.15) is 5.69 Å². The molecule has 1 heterocycles. The van der Waals surface area contributed by atoms with Crippen LogP contribution >= 0.6 is 43.5 Å². The monoisotopic (exact) mass is 363 g/mol. The van der Waals surface area contributed by atoms with Gasteiger partial charge < -0.3 is 4.74 Å². The van der Waals surface area contributed by atoms with Gasteiger partial charge in [-0.3, -0.25) is 4.98 Å². The third-order valence-corrected chi connectivity index (χ3v) is 4.92. The van der Waals surface area contributed by atoms with Crippen molar-refractivity contribution in [2.24, 2.45) is 0 Å². The van der Waals surface area contributed by atoms with Gasteiger partial charge in [-0.2, -0.15) is 0 Å². The zero-order chi connectivity index (χ0) is 11.9. The zero-order valence-electron chi connectivity index (χ0n) is 8.64. The molecule has 5 heteroatoms. The lowest BCUT2D eigenvalue weighted by Gasteiger charge is -2.11. The lowest BCUT2D eigenvalue weighted by Crippen LogP contribution is -1.92. The Bertz CT molecular complexity index is 572. The van der Waals surface area contributed by atoms with Crippen molar-refractivity contribution in [3.63, 3.8) is 0 Å². The van der Waals surface area contributed by atoms with Crippen LogP contribution in [0, 0.1) is 6.92 Å². The topological polar surface area (TPSA) is 22.1 Å². The first-order valence-electron chi connectivity index (χ1n) is 4.54. The predicted octanol–water partition coefficient (Wildman–Crippen LogP) is 4.73. The van der Waals surface area contributed by atoms with Crippen LogP contribution in [0.2, 0.25) is 5.02 Å². The fourth-order valence-electron chi connectivity index (χ4n) is 1.52. The maximum absolute atomic E-state index is 6.13. The van der Waals surface area contributed by atoms with Crippen molar-refractivity contribution >= 4 is 54.4 Å². The van der Waals surface area contributed by atoms with Gasteiger partial charge in [-0.25, -0.2) is 0 Å². The van der Waals surface area contributed by atoms with E-state index < -0.39 is 0 Å². The number of aromatic nitrogens is 1. The van der Waals surface area contributed by atoms with Crippen molar-refractivity contribution in [3.8, 4) is 5.75 Å². The van der Waals surface area contributed by atoms with Gasteiger partial charge in [0, 0.05) is 4.47 Å². The summed E-state index contributed by atoms with van der Waals surface area (Å²) in [6, 6.07) is 3.62. The number of ether oxygens (including phenoxy) is 1. The van der Waals surface area contributed by atoms with E-state index in [2.05, 4.69) is 36.8 Å². The average molecular weight is 365 g/mol. The Balaban J connectivity index is 2.99. The van der Waals surface area contributed by atoms with E-state index in [4.69, 9.17) is 16.3 Å². The lowest BCUT2D eigenvalue weighted by atomic mass is 10.2. The van der Waals surface area contributed by atoms with E-state index in [1.54, 1.807) is 13.2 Å². The SMILES string of the molecule is COc1ccc(Cl)c2nc(C)c(Br)c(Br)c12. The van der Waals surface area contributed by atoms with Crippen LogP contribution in [-0.2, 0) is 0 Å². The van der Waals surface area contributed by atoms with Gasteiger partial charge >= 0.3 is 0 Å². The zero-order valence-corrected chi connectivity index (χ0v) is 12.6. The Kier molecular flexibility index (Phi) is 3.42. The highest BCUT2D eigenvalue weighted by molar-refractivity contribution is 9.13. The molecule has 0 saturated heterocycles. The van der Waals surface area contributed by atoms with Crippen molar-refractivity contribution in [2.45, 2.75) is 6.92 Å². The predicted molar refractivity (Wildman–Crippen MR) is 73.4 cm³/mol. The molecule has 0 amide bonds. The normalized spacial score (nSPS) is 10.8. The van der Waals surface area contributed by atoms with E-state index in [9.17, 15) is 0 Å². The number of fused-ring (bicyclic) bond motifs is 1. The summed E-state index contributed by atoms with van der Waals surface area (Å²) in [6.07, 6.45) is 0. The smallest absolute Gasteiger partial charge is 0.129 e. The van der Waals surface area contributed by atoms with Gasteiger partial charge in [0.25, 0.3) is 0 Å². The van der Waals surface area contributed by atoms with Gasteiger partial charge in [0.1, 0.15) is 5.75 Å². The fraction of sp³-hybridized carbons (Fsp3) is 0.182. The van der Waals surface area contributed by atoms with E-state index in [0.29, 0.717) is 5.02 Å². The number of rotatable bonds is 1. The summed E-state index contributed by atoms with van der Waals surface area (Å²) in [5.41, 5.74) is 1.63. The second-order valence-electron chi connectivity index (χ2n) is 3.30. The fourth-order valence-corrected chi connectivity index (χ4v) is 2.68.